The van der Waals surface area contributed by atoms with E-state index >= 15 is 0 Å². The fourth-order valence-corrected chi connectivity index (χ4v) is 4.30. The maximum atomic E-state index is 12.8. The van der Waals surface area contributed by atoms with Crippen LogP contribution in [0.1, 0.15) is 22.3 Å². The minimum atomic E-state index is -3.72. The highest BCUT2D eigenvalue weighted by Gasteiger charge is 2.21. The van der Waals surface area contributed by atoms with Crippen molar-refractivity contribution in [2.24, 2.45) is 0 Å². The number of amides is 1. The van der Waals surface area contributed by atoms with E-state index < -0.39 is 10.0 Å². The van der Waals surface area contributed by atoms with Gasteiger partial charge in [0.1, 0.15) is 5.75 Å². The molecule has 0 saturated carbocycles. The third kappa shape index (κ3) is 5.64. The molecule has 0 heterocycles. The number of hydrogen-bond donors (Lipinski definition) is 1. The molecular formula is C24H26N2O4S. The molecule has 0 aliphatic rings. The summed E-state index contributed by atoms with van der Waals surface area (Å²) in [7, 11) is -0.708. The molecule has 7 heteroatoms. The van der Waals surface area contributed by atoms with Crippen molar-refractivity contribution in [1.82, 2.24) is 5.32 Å². The number of aryl methyl sites for hydroxylation is 1. The van der Waals surface area contributed by atoms with Crippen molar-refractivity contribution in [3.8, 4) is 5.75 Å². The molecule has 3 rings (SSSR count). The van der Waals surface area contributed by atoms with Crippen molar-refractivity contribution in [3.63, 3.8) is 0 Å². The van der Waals surface area contributed by atoms with Crippen LogP contribution >= 0.6 is 0 Å². The van der Waals surface area contributed by atoms with Gasteiger partial charge in [-0.3, -0.25) is 9.10 Å². The van der Waals surface area contributed by atoms with Crippen LogP contribution in [-0.2, 0) is 16.4 Å². The fraction of sp³-hybridized carbons (Fsp3) is 0.208. The number of carbonyl (C=O) groups is 1. The predicted molar refractivity (Wildman–Crippen MR) is 122 cm³/mol. The SMILES string of the molecule is COc1ccc(S(=O)(=O)N(C)c2ccc(C(=O)NCCCc3ccccc3)cc2)cc1. The lowest BCUT2D eigenvalue weighted by Crippen LogP contribution is -2.27. The maximum Gasteiger partial charge on any atom is 0.264 e. The Morgan fingerprint density at radius 1 is 0.935 bits per heavy atom. The van der Waals surface area contributed by atoms with Gasteiger partial charge >= 0.3 is 0 Å². The third-order valence-corrected chi connectivity index (χ3v) is 6.78. The Hall–Kier alpha value is -3.32. The van der Waals surface area contributed by atoms with E-state index in [9.17, 15) is 13.2 Å². The largest absolute Gasteiger partial charge is 0.497 e. The number of rotatable bonds is 9. The molecule has 1 amide bonds. The molecule has 0 unspecified atom stereocenters. The van der Waals surface area contributed by atoms with Gasteiger partial charge in [-0.25, -0.2) is 8.42 Å². The summed E-state index contributed by atoms with van der Waals surface area (Å²) in [6.45, 7) is 0.571. The lowest BCUT2D eigenvalue weighted by Gasteiger charge is -2.20. The molecule has 0 saturated heterocycles. The minimum absolute atomic E-state index is 0.163. The van der Waals surface area contributed by atoms with Gasteiger partial charge in [-0.15, -0.1) is 0 Å². The van der Waals surface area contributed by atoms with E-state index in [1.807, 2.05) is 18.2 Å². The second kappa shape index (κ2) is 10.1. The average Bonchev–Trinajstić information content (AvgIpc) is 2.82. The van der Waals surface area contributed by atoms with Crippen LogP contribution in [0.5, 0.6) is 5.75 Å². The highest BCUT2D eigenvalue weighted by Crippen LogP contribution is 2.24. The molecular weight excluding hydrogens is 412 g/mol. The molecule has 3 aromatic carbocycles. The number of ether oxygens (including phenoxy) is 1. The quantitative estimate of drug-likeness (QED) is 0.515. The number of anilines is 1. The summed E-state index contributed by atoms with van der Waals surface area (Å²) in [6.07, 6.45) is 1.74. The Morgan fingerprint density at radius 3 is 2.19 bits per heavy atom. The van der Waals surface area contributed by atoms with Crippen LogP contribution in [0, 0.1) is 0 Å². The Labute approximate surface area is 183 Å². The van der Waals surface area contributed by atoms with Crippen molar-refractivity contribution in [3.05, 3.63) is 90.0 Å². The van der Waals surface area contributed by atoms with Gasteiger partial charge in [0, 0.05) is 19.2 Å². The molecule has 0 spiro atoms. The number of sulfonamides is 1. The molecule has 0 radical (unpaired) electrons. The smallest absolute Gasteiger partial charge is 0.264 e. The Morgan fingerprint density at radius 2 is 1.58 bits per heavy atom. The highest BCUT2D eigenvalue weighted by atomic mass is 32.2. The lowest BCUT2D eigenvalue weighted by molar-refractivity contribution is 0.0953. The Bertz CT molecular complexity index is 1100. The van der Waals surface area contributed by atoms with E-state index in [2.05, 4.69) is 17.4 Å². The van der Waals surface area contributed by atoms with Crippen LogP contribution in [0.25, 0.3) is 0 Å². The van der Waals surface area contributed by atoms with Crippen LogP contribution in [0.15, 0.2) is 83.8 Å². The monoisotopic (exact) mass is 438 g/mol. The summed E-state index contributed by atoms with van der Waals surface area (Å²) in [4.78, 5) is 12.5. The summed E-state index contributed by atoms with van der Waals surface area (Å²) >= 11 is 0. The van der Waals surface area contributed by atoms with Crippen LogP contribution in [0.4, 0.5) is 5.69 Å². The summed E-state index contributed by atoms with van der Waals surface area (Å²) in [5.41, 5.74) is 2.19. The maximum absolute atomic E-state index is 12.8. The zero-order valence-corrected chi connectivity index (χ0v) is 18.4. The molecule has 6 nitrogen and oxygen atoms in total. The summed E-state index contributed by atoms with van der Waals surface area (Å²) in [6, 6.07) is 22.8. The number of carbonyl (C=O) groups excluding carboxylic acids is 1. The van der Waals surface area contributed by atoms with Gasteiger partial charge in [-0.1, -0.05) is 30.3 Å². The van der Waals surface area contributed by atoms with Crippen LogP contribution in [-0.4, -0.2) is 35.0 Å². The zero-order valence-electron chi connectivity index (χ0n) is 17.6. The van der Waals surface area contributed by atoms with E-state index in [4.69, 9.17) is 4.74 Å². The van der Waals surface area contributed by atoms with Gasteiger partial charge in [-0.2, -0.15) is 0 Å². The molecule has 0 aliphatic carbocycles. The van der Waals surface area contributed by atoms with Crippen LogP contribution < -0.4 is 14.4 Å². The normalized spacial score (nSPS) is 11.0. The second-order valence-corrected chi connectivity index (χ2v) is 9.01. The first-order chi connectivity index (χ1) is 14.9. The molecule has 0 atom stereocenters. The molecule has 3 aromatic rings. The minimum Gasteiger partial charge on any atom is -0.497 e. The van der Waals surface area contributed by atoms with Gasteiger partial charge in [0.2, 0.25) is 0 Å². The van der Waals surface area contributed by atoms with E-state index in [1.54, 1.807) is 36.4 Å². The van der Waals surface area contributed by atoms with E-state index in [0.717, 1.165) is 12.8 Å². The molecule has 0 fully saturated rings. The standard InChI is InChI=1S/C24H26N2O4S/c1-26(31(28,29)23-16-14-22(30-2)15-17-23)21-12-10-20(11-13-21)24(27)25-18-6-9-19-7-4-3-5-8-19/h3-5,7-8,10-17H,6,9,18H2,1-2H3,(H,25,27). The highest BCUT2D eigenvalue weighted by molar-refractivity contribution is 7.92. The lowest BCUT2D eigenvalue weighted by atomic mass is 10.1. The Kier molecular flexibility index (Phi) is 7.31. The van der Waals surface area contributed by atoms with Gasteiger partial charge in [0.15, 0.2) is 0 Å². The molecule has 1 N–H and O–H groups in total. The number of benzene rings is 3. The summed E-state index contributed by atoms with van der Waals surface area (Å²) in [5, 5.41) is 2.90. The molecule has 0 bridgehead atoms. The number of nitrogens with zero attached hydrogens (tertiary/aromatic N) is 1. The van der Waals surface area contributed by atoms with Gasteiger partial charge in [0.05, 0.1) is 17.7 Å². The van der Waals surface area contributed by atoms with Gasteiger partial charge < -0.3 is 10.1 Å². The Balaban J connectivity index is 1.58. The van der Waals surface area contributed by atoms with Crippen molar-refractivity contribution in [2.45, 2.75) is 17.7 Å². The van der Waals surface area contributed by atoms with E-state index in [-0.39, 0.29) is 10.8 Å². The van der Waals surface area contributed by atoms with Gasteiger partial charge in [0.25, 0.3) is 15.9 Å². The first-order valence-corrected chi connectivity index (χ1v) is 11.4. The van der Waals surface area contributed by atoms with E-state index in [0.29, 0.717) is 23.5 Å². The number of hydrogen-bond acceptors (Lipinski definition) is 4. The molecule has 0 aromatic heterocycles. The van der Waals surface area contributed by atoms with Crippen molar-refractivity contribution < 1.29 is 17.9 Å². The summed E-state index contributed by atoms with van der Waals surface area (Å²) < 4.78 is 32.0. The predicted octanol–water partition coefficient (Wildman–Crippen LogP) is 3.88. The molecule has 0 aliphatic heterocycles. The fourth-order valence-electron chi connectivity index (χ4n) is 3.11. The molecule has 31 heavy (non-hydrogen) atoms. The van der Waals surface area contributed by atoms with E-state index in [1.165, 1.54) is 36.2 Å². The topological polar surface area (TPSA) is 75.7 Å². The first kappa shape index (κ1) is 22.4. The number of nitrogens with one attached hydrogen (secondary N) is 1. The third-order valence-electron chi connectivity index (χ3n) is 4.98. The molecule has 162 valence electrons. The van der Waals surface area contributed by atoms with Crippen molar-refractivity contribution in [1.29, 1.82) is 0 Å². The second-order valence-electron chi connectivity index (χ2n) is 7.04. The van der Waals surface area contributed by atoms with Crippen molar-refractivity contribution in [2.75, 3.05) is 25.0 Å². The average molecular weight is 439 g/mol. The summed E-state index contributed by atoms with van der Waals surface area (Å²) in [5.74, 6) is 0.404. The first-order valence-electron chi connectivity index (χ1n) is 9.97. The number of methoxy groups -OCH3 is 1. The van der Waals surface area contributed by atoms with Crippen molar-refractivity contribution >= 4 is 21.6 Å². The zero-order chi connectivity index (χ0) is 22.3. The van der Waals surface area contributed by atoms with Crippen LogP contribution in [0.3, 0.4) is 0 Å². The van der Waals surface area contributed by atoms with Gasteiger partial charge in [-0.05, 0) is 66.9 Å². The van der Waals surface area contributed by atoms with Crippen LogP contribution in [0.2, 0.25) is 0 Å².